The maximum absolute atomic E-state index is 12.7. The molecule has 9 heteroatoms. The third-order valence-electron chi connectivity index (χ3n) is 5.45. The molecule has 4 rings (SSSR count). The van der Waals surface area contributed by atoms with Crippen LogP contribution in [0, 0.1) is 20.8 Å². The monoisotopic (exact) mass is 440 g/mol. The zero-order valence-electron chi connectivity index (χ0n) is 18.4. The number of aromatic nitrogens is 3. The van der Waals surface area contributed by atoms with Crippen LogP contribution >= 0.6 is 11.3 Å². The highest BCUT2D eigenvalue weighted by Crippen LogP contribution is 2.34. The summed E-state index contributed by atoms with van der Waals surface area (Å²) in [6.07, 6.45) is 1.69. The number of thiophene rings is 1. The Balaban J connectivity index is 1.58. The van der Waals surface area contributed by atoms with Gasteiger partial charge in [-0.1, -0.05) is 0 Å². The van der Waals surface area contributed by atoms with Gasteiger partial charge >= 0.3 is 0 Å². The van der Waals surface area contributed by atoms with Crippen molar-refractivity contribution in [3.63, 3.8) is 0 Å². The van der Waals surface area contributed by atoms with Crippen molar-refractivity contribution in [3.05, 3.63) is 40.2 Å². The number of carbonyl (C=O) groups is 1. The lowest BCUT2D eigenvalue weighted by molar-refractivity contribution is -0.114. The van der Waals surface area contributed by atoms with Crippen molar-refractivity contribution in [2.45, 2.75) is 27.3 Å². The van der Waals surface area contributed by atoms with Gasteiger partial charge in [-0.25, -0.2) is 15.0 Å². The number of morpholine rings is 1. The van der Waals surface area contributed by atoms with Crippen molar-refractivity contribution in [2.75, 3.05) is 50.1 Å². The van der Waals surface area contributed by atoms with Gasteiger partial charge in [-0.15, -0.1) is 11.3 Å². The van der Waals surface area contributed by atoms with Crippen molar-refractivity contribution < 1.29 is 9.53 Å². The first-order valence-electron chi connectivity index (χ1n) is 10.4. The van der Waals surface area contributed by atoms with Crippen LogP contribution in [0.3, 0.4) is 0 Å². The third kappa shape index (κ3) is 5.00. The average Bonchev–Trinajstić information content (AvgIpc) is 3.01. The van der Waals surface area contributed by atoms with Crippen molar-refractivity contribution in [1.29, 1.82) is 0 Å². The molecule has 1 aliphatic rings. The topological polar surface area (TPSA) is 83.5 Å². The molecule has 0 bridgehead atoms. The molecule has 0 unspecified atom stereocenters. The third-order valence-corrected chi connectivity index (χ3v) is 6.55. The van der Waals surface area contributed by atoms with Gasteiger partial charge in [-0.3, -0.25) is 9.69 Å². The molecule has 0 aromatic carbocycles. The standard InChI is InChI=1S/C22H28N6O2S/c1-14-5-6-23-17(11-14)24-19(29)13-27(4)21-20-15(2)16(3)31-22(20)26-18(25-21)12-28-7-9-30-10-8-28/h5-6,11H,7-10,12-13H2,1-4H3,(H,23,24,29). The molecule has 1 N–H and O–H groups in total. The molecule has 1 aliphatic heterocycles. The number of aryl methyl sites for hydroxylation is 3. The Kier molecular flexibility index (Phi) is 6.45. The Morgan fingerprint density at radius 3 is 2.77 bits per heavy atom. The van der Waals surface area contributed by atoms with E-state index in [1.54, 1.807) is 17.5 Å². The highest BCUT2D eigenvalue weighted by atomic mass is 32.1. The van der Waals surface area contributed by atoms with Crippen molar-refractivity contribution in [2.24, 2.45) is 0 Å². The Morgan fingerprint density at radius 1 is 1.26 bits per heavy atom. The van der Waals surface area contributed by atoms with E-state index < -0.39 is 0 Å². The van der Waals surface area contributed by atoms with E-state index in [-0.39, 0.29) is 12.5 Å². The summed E-state index contributed by atoms with van der Waals surface area (Å²) in [5, 5.41) is 3.90. The minimum atomic E-state index is -0.133. The van der Waals surface area contributed by atoms with Crippen LogP contribution in [0.15, 0.2) is 18.3 Å². The summed E-state index contributed by atoms with van der Waals surface area (Å²) in [7, 11) is 1.90. The fourth-order valence-corrected chi connectivity index (χ4v) is 4.70. The highest BCUT2D eigenvalue weighted by Gasteiger charge is 2.21. The predicted octanol–water partition coefficient (Wildman–Crippen LogP) is 2.92. The lowest BCUT2D eigenvalue weighted by atomic mass is 10.2. The van der Waals surface area contributed by atoms with Crippen LogP contribution in [0.1, 0.15) is 21.8 Å². The first kappa shape index (κ1) is 21.6. The fraction of sp³-hybridized carbons (Fsp3) is 0.455. The van der Waals surface area contributed by atoms with Gasteiger partial charge in [-0.2, -0.15) is 0 Å². The number of nitrogens with one attached hydrogen (secondary N) is 1. The number of amides is 1. The number of hydrogen-bond donors (Lipinski definition) is 1. The highest BCUT2D eigenvalue weighted by molar-refractivity contribution is 7.18. The van der Waals surface area contributed by atoms with E-state index in [2.05, 4.69) is 29.0 Å². The molecule has 3 aromatic heterocycles. The SMILES string of the molecule is Cc1ccnc(NC(=O)CN(C)c2nc(CN3CCOCC3)nc3sc(C)c(C)c23)c1. The molecule has 31 heavy (non-hydrogen) atoms. The van der Waals surface area contributed by atoms with Gasteiger partial charge in [0.05, 0.1) is 31.7 Å². The number of anilines is 2. The second-order valence-corrected chi connectivity index (χ2v) is 9.14. The van der Waals surface area contributed by atoms with E-state index in [4.69, 9.17) is 14.7 Å². The number of likely N-dealkylation sites (N-methyl/N-ethyl adjacent to an activating group) is 1. The van der Waals surface area contributed by atoms with E-state index in [1.807, 2.05) is 31.0 Å². The minimum absolute atomic E-state index is 0.133. The Bertz CT molecular complexity index is 1090. The number of ether oxygens (including phenoxy) is 1. The van der Waals surface area contributed by atoms with Crippen LogP contribution in [0.2, 0.25) is 0 Å². The Labute approximate surface area is 186 Å². The number of pyridine rings is 1. The molecular formula is C22H28N6O2S. The van der Waals surface area contributed by atoms with Crippen LogP contribution < -0.4 is 10.2 Å². The maximum atomic E-state index is 12.7. The lowest BCUT2D eigenvalue weighted by Gasteiger charge is -2.26. The van der Waals surface area contributed by atoms with Crippen molar-refractivity contribution in [3.8, 4) is 0 Å². The fourth-order valence-electron chi connectivity index (χ4n) is 3.65. The van der Waals surface area contributed by atoms with E-state index in [1.165, 1.54) is 10.4 Å². The predicted molar refractivity (Wildman–Crippen MR) is 124 cm³/mol. The number of rotatable bonds is 6. The normalized spacial score (nSPS) is 14.7. The summed E-state index contributed by atoms with van der Waals surface area (Å²) in [6.45, 7) is 10.2. The zero-order valence-corrected chi connectivity index (χ0v) is 19.3. The van der Waals surface area contributed by atoms with Crippen LogP contribution in [0.5, 0.6) is 0 Å². The van der Waals surface area contributed by atoms with E-state index >= 15 is 0 Å². The average molecular weight is 441 g/mol. The molecule has 0 aliphatic carbocycles. The minimum Gasteiger partial charge on any atom is -0.379 e. The summed E-state index contributed by atoms with van der Waals surface area (Å²) in [6, 6.07) is 3.75. The molecule has 164 valence electrons. The van der Waals surface area contributed by atoms with Gasteiger partial charge in [-0.05, 0) is 44.0 Å². The smallest absolute Gasteiger partial charge is 0.245 e. The quantitative estimate of drug-likeness (QED) is 0.631. The summed E-state index contributed by atoms with van der Waals surface area (Å²) in [4.78, 5) is 33.0. The molecule has 0 atom stereocenters. The lowest BCUT2D eigenvalue weighted by Crippen LogP contribution is -2.36. The van der Waals surface area contributed by atoms with Gasteiger partial charge in [0.15, 0.2) is 0 Å². The summed E-state index contributed by atoms with van der Waals surface area (Å²) in [5.74, 6) is 1.99. The Hall–Kier alpha value is -2.62. The van der Waals surface area contributed by atoms with Crippen molar-refractivity contribution >= 4 is 39.1 Å². The second kappa shape index (κ2) is 9.25. The van der Waals surface area contributed by atoms with Gasteiger partial charge in [0.2, 0.25) is 5.91 Å². The Morgan fingerprint density at radius 2 is 2.03 bits per heavy atom. The molecule has 0 spiro atoms. The van der Waals surface area contributed by atoms with Crippen LogP contribution in [-0.4, -0.2) is 65.7 Å². The molecule has 8 nitrogen and oxygen atoms in total. The molecule has 1 saturated heterocycles. The molecule has 0 radical (unpaired) electrons. The molecule has 1 fully saturated rings. The molecule has 4 heterocycles. The molecule has 3 aromatic rings. The largest absolute Gasteiger partial charge is 0.379 e. The number of nitrogens with zero attached hydrogens (tertiary/aromatic N) is 5. The van der Waals surface area contributed by atoms with E-state index in [0.717, 1.165) is 53.7 Å². The van der Waals surface area contributed by atoms with Crippen molar-refractivity contribution in [1.82, 2.24) is 19.9 Å². The number of fused-ring (bicyclic) bond motifs is 1. The number of hydrogen-bond acceptors (Lipinski definition) is 8. The van der Waals surface area contributed by atoms with Gasteiger partial charge in [0.25, 0.3) is 0 Å². The molecule has 0 saturated carbocycles. The second-order valence-electron chi connectivity index (χ2n) is 7.94. The van der Waals surface area contributed by atoms with Crippen LogP contribution in [0.25, 0.3) is 10.2 Å². The summed E-state index contributed by atoms with van der Waals surface area (Å²) in [5.41, 5.74) is 2.22. The molecular weight excluding hydrogens is 412 g/mol. The first-order chi connectivity index (χ1) is 14.9. The van der Waals surface area contributed by atoms with E-state index in [9.17, 15) is 4.79 Å². The summed E-state index contributed by atoms with van der Waals surface area (Å²) >= 11 is 1.68. The first-order valence-corrected chi connectivity index (χ1v) is 11.2. The van der Waals surface area contributed by atoms with Gasteiger partial charge in [0.1, 0.15) is 22.3 Å². The molecule has 1 amide bonds. The maximum Gasteiger partial charge on any atom is 0.245 e. The zero-order chi connectivity index (χ0) is 22.0. The van der Waals surface area contributed by atoms with Gasteiger partial charge < -0.3 is 15.0 Å². The van der Waals surface area contributed by atoms with Gasteiger partial charge in [0, 0.05) is 31.2 Å². The number of carbonyl (C=O) groups excluding carboxylic acids is 1. The van der Waals surface area contributed by atoms with E-state index in [0.29, 0.717) is 12.4 Å². The summed E-state index contributed by atoms with van der Waals surface area (Å²) < 4.78 is 5.45. The van der Waals surface area contributed by atoms with Crippen LogP contribution in [-0.2, 0) is 16.1 Å². The van der Waals surface area contributed by atoms with Crippen LogP contribution in [0.4, 0.5) is 11.6 Å².